The first-order chi connectivity index (χ1) is 33.4. The molecule has 0 heterocycles. The predicted octanol–water partition coefficient (Wildman–Crippen LogP) is 8.13. The van der Waals surface area contributed by atoms with Gasteiger partial charge in [0, 0.05) is 82.4 Å². The van der Waals surface area contributed by atoms with Crippen molar-refractivity contribution < 1.29 is 72.3 Å². The first-order valence-electron chi connectivity index (χ1n) is 26.3. The minimum Gasteiger partial charge on any atom is -0.481 e. The molecule has 17 heteroatoms. The zero-order valence-electron chi connectivity index (χ0n) is 43.5. The van der Waals surface area contributed by atoms with Gasteiger partial charge in [-0.1, -0.05) is 104 Å². The number of nitrogens with one attached hydrogen (secondary N) is 2. The normalized spacial score (nSPS) is 12.3. The third-order valence-corrected chi connectivity index (χ3v) is 12.0. The van der Waals surface area contributed by atoms with E-state index in [1.807, 2.05) is 20.8 Å². The van der Waals surface area contributed by atoms with E-state index in [-0.39, 0.29) is 145 Å². The van der Waals surface area contributed by atoms with Crippen LogP contribution in [0, 0.1) is 17.3 Å². The number of hydrogen-bond acceptors (Lipinski definition) is 13. The fourth-order valence-electron chi connectivity index (χ4n) is 7.53. The maximum absolute atomic E-state index is 12.7. The van der Waals surface area contributed by atoms with Gasteiger partial charge in [-0.05, 0) is 45.4 Å². The number of carboxylic acids is 2. The summed E-state index contributed by atoms with van der Waals surface area (Å²) in [5, 5.41) is 23.7. The average Bonchev–Trinajstić information content (AvgIpc) is 3.29. The molecule has 0 aromatic heterocycles. The average molecular weight is 997 g/mol. The van der Waals surface area contributed by atoms with Crippen molar-refractivity contribution in [1.29, 1.82) is 0 Å². The molecule has 404 valence electrons. The fraction of sp³-hybridized carbons (Fsp3) is 0.830. The first-order valence-corrected chi connectivity index (χ1v) is 26.3. The summed E-state index contributed by atoms with van der Waals surface area (Å²) in [5.74, 6) is -3.93. The summed E-state index contributed by atoms with van der Waals surface area (Å²) in [6.45, 7) is 8.66. The fourth-order valence-corrected chi connectivity index (χ4v) is 7.53. The molecule has 0 radical (unpaired) electrons. The molecule has 0 bridgehead atoms. The maximum Gasteiger partial charge on any atom is 0.306 e. The second-order valence-corrected chi connectivity index (χ2v) is 19.6. The molecule has 0 aromatic carbocycles. The van der Waals surface area contributed by atoms with E-state index >= 15 is 0 Å². The van der Waals surface area contributed by atoms with Gasteiger partial charge in [-0.2, -0.15) is 0 Å². The van der Waals surface area contributed by atoms with Crippen LogP contribution in [0.5, 0.6) is 0 Å². The van der Waals surface area contributed by atoms with E-state index in [4.69, 9.17) is 24.1 Å². The summed E-state index contributed by atoms with van der Waals surface area (Å²) in [5.41, 5.74) is -0.551. The van der Waals surface area contributed by atoms with Crippen molar-refractivity contribution in [3.8, 4) is 0 Å². The lowest BCUT2D eigenvalue weighted by Crippen LogP contribution is -2.31. The highest BCUT2D eigenvalue weighted by Crippen LogP contribution is 2.25. The molecular weight excluding hydrogens is 905 g/mol. The third-order valence-electron chi connectivity index (χ3n) is 12.0. The molecule has 70 heavy (non-hydrogen) atoms. The molecule has 4 N–H and O–H groups in total. The van der Waals surface area contributed by atoms with Gasteiger partial charge < -0.3 is 44.6 Å². The summed E-state index contributed by atoms with van der Waals surface area (Å²) < 4.78 is 21.6. The molecule has 17 nitrogen and oxygen atoms in total. The number of carbonyl (C=O) groups is 9. The number of rotatable bonds is 51. The molecule has 1 unspecified atom stereocenters. The monoisotopic (exact) mass is 997 g/mol. The van der Waals surface area contributed by atoms with Crippen LogP contribution in [0.25, 0.3) is 0 Å². The Morgan fingerprint density at radius 1 is 0.443 bits per heavy atom. The van der Waals surface area contributed by atoms with E-state index in [2.05, 4.69) is 10.6 Å². The minimum absolute atomic E-state index is 0.00789. The van der Waals surface area contributed by atoms with Gasteiger partial charge in [-0.25, -0.2) is 0 Å². The van der Waals surface area contributed by atoms with Crippen molar-refractivity contribution >= 4 is 52.7 Å². The molecule has 0 aliphatic heterocycles. The van der Waals surface area contributed by atoms with Crippen molar-refractivity contribution in [3.63, 3.8) is 0 Å². The predicted molar refractivity (Wildman–Crippen MR) is 266 cm³/mol. The molecule has 2 atom stereocenters. The summed E-state index contributed by atoms with van der Waals surface area (Å²) >= 11 is 0. The second-order valence-electron chi connectivity index (χ2n) is 19.6. The standard InChI is InChI=1S/C53H92N2O15/c1-42(56)26-29-47(59)43(39-48(60)53(2,3)4)22-19-20-30-54-49(61)40-70-37-35-68-33-31-55-50(62)41-69-36-34-67-32-21-24-45(57)28-27-44(52(65)66)38-46(58)23-17-15-13-11-9-7-5-6-8-10-12-14-16-18-25-51(63)64/h43-44H,5-41H2,1-4H3,(H,54,61)(H,55,62)(H,63,64)(H,65,66)/t43?,44-/m1/s1. The zero-order chi connectivity index (χ0) is 52.3. The molecule has 0 spiro atoms. The van der Waals surface area contributed by atoms with E-state index in [0.29, 0.717) is 45.3 Å². The van der Waals surface area contributed by atoms with Crippen LogP contribution in [0.3, 0.4) is 0 Å². The van der Waals surface area contributed by atoms with Gasteiger partial charge >= 0.3 is 11.9 Å². The Bertz CT molecular complexity index is 1490. The summed E-state index contributed by atoms with van der Waals surface area (Å²) in [4.78, 5) is 108. The van der Waals surface area contributed by atoms with Crippen molar-refractivity contribution in [2.75, 3.05) is 65.9 Å². The van der Waals surface area contributed by atoms with E-state index in [0.717, 1.165) is 44.9 Å². The first kappa shape index (κ1) is 66.1. The highest BCUT2D eigenvalue weighted by atomic mass is 16.5. The Hall–Kier alpha value is -3.93. The van der Waals surface area contributed by atoms with E-state index < -0.39 is 29.2 Å². The minimum atomic E-state index is -1.05. The molecule has 0 aliphatic rings. The SMILES string of the molecule is CC(=O)CCC(=O)C(CCCCNC(=O)COCCOCCNC(=O)COCCOCCCC(=O)CC[C@H](CC(=O)CCCCCCCCCCCCCCCCC(=O)O)C(=O)O)CC(=O)C(C)(C)C. The van der Waals surface area contributed by atoms with Gasteiger partial charge in [0.2, 0.25) is 11.8 Å². The Morgan fingerprint density at radius 2 is 0.929 bits per heavy atom. The van der Waals surface area contributed by atoms with Crippen molar-refractivity contribution in [2.45, 2.75) is 201 Å². The molecule has 0 saturated carbocycles. The van der Waals surface area contributed by atoms with Gasteiger partial charge in [-0.3, -0.25) is 38.4 Å². The topological polar surface area (TPSA) is 255 Å². The van der Waals surface area contributed by atoms with Crippen LogP contribution in [0.1, 0.15) is 201 Å². The van der Waals surface area contributed by atoms with Gasteiger partial charge in [0.1, 0.15) is 42.1 Å². The van der Waals surface area contributed by atoms with Gasteiger partial charge in [-0.15, -0.1) is 0 Å². The van der Waals surface area contributed by atoms with Crippen LogP contribution in [0.2, 0.25) is 0 Å². The quantitative estimate of drug-likeness (QED) is 0.0420. The number of unbranched alkanes of at least 4 members (excludes halogenated alkanes) is 14. The number of amides is 2. The second kappa shape index (κ2) is 43.8. The number of ether oxygens (including phenoxy) is 4. The lowest BCUT2D eigenvalue weighted by molar-refractivity contribution is -0.144. The van der Waals surface area contributed by atoms with Crippen LogP contribution >= 0.6 is 0 Å². The van der Waals surface area contributed by atoms with Crippen molar-refractivity contribution in [3.05, 3.63) is 0 Å². The van der Waals surface area contributed by atoms with Gasteiger partial charge in [0.25, 0.3) is 0 Å². The molecule has 0 aromatic rings. The summed E-state index contributed by atoms with van der Waals surface area (Å²) in [7, 11) is 0. The number of aliphatic carboxylic acids is 2. The molecule has 0 saturated heterocycles. The molecular formula is C53H92N2O15. The van der Waals surface area contributed by atoms with Crippen molar-refractivity contribution in [1.82, 2.24) is 10.6 Å². The van der Waals surface area contributed by atoms with Gasteiger partial charge in [0.05, 0.1) is 39.0 Å². The third kappa shape index (κ3) is 42.9. The molecule has 0 fully saturated rings. The summed E-state index contributed by atoms with van der Waals surface area (Å²) in [6, 6.07) is 0. The highest BCUT2D eigenvalue weighted by molar-refractivity contribution is 5.92. The van der Waals surface area contributed by atoms with Crippen LogP contribution < -0.4 is 10.6 Å². The zero-order valence-corrected chi connectivity index (χ0v) is 43.5. The lowest BCUT2D eigenvalue weighted by Gasteiger charge is -2.21. The number of Topliss-reactive ketones (excluding diaryl/α,β-unsaturated/α-hetero) is 5. The Labute approximate surface area is 418 Å². The van der Waals surface area contributed by atoms with Crippen LogP contribution in [-0.4, -0.2) is 129 Å². The summed E-state index contributed by atoms with van der Waals surface area (Å²) in [6.07, 6.45) is 19.1. The lowest BCUT2D eigenvalue weighted by atomic mass is 9.81. The Balaban J connectivity index is 3.80. The molecule has 2 amide bonds. The smallest absolute Gasteiger partial charge is 0.306 e. The number of ketones is 5. The number of hydrogen-bond donors (Lipinski definition) is 4. The van der Waals surface area contributed by atoms with Gasteiger partial charge in [0.15, 0.2) is 0 Å². The Morgan fingerprint density at radius 3 is 1.44 bits per heavy atom. The van der Waals surface area contributed by atoms with Crippen LogP contribution in [0.4, 0.5) is 0 Å². The van der Waals surface area contributed by atoms with E-state index in [1.54, 1.807) is 0 Å². The molecule has 0 rings (SSSR count). The van der Waals surface area contributed by atoms with Crippen LogP contribution in [0.15, 0.2) is 0 Å². The highest BCUT2D eigenvalue weighted by Gasteiger charge is 2.28. The van der Waals surface area contributed by atoms with E-state index in [1.165, 1.54) is 51.9 Å². The number of carboxylic acid groups (broad SMARTS) is 2. The Kier molecular flexibility index (Phi) is 41.4. The van der Waals surface area contributed by atoms with Crippen LogP contribution in [-0.2, 0) is 62.1 Å². The van der Waals surface area contributed by atoms with E-state index in [9.17, 15) is 48.3 Å². The largest absolute Gasteiger partial charge is 0.481 e. The number of carbonyl (C=O) groups excluding carboxylic acids is 7. The van der Waals surface area contributed by atoms with Crippen molar-refractivity contribution in [2.24, 2.45) is 17.3 Å². The molecule has 0 aliphatic carbocycles. The maximum atomic E-state index is 12.7.